The van der Waals surface area contributed by atoms with Crippen LogP contribution in [0.25, 0.3) is 0 Å². The molecule has 0 aromatic heterocycles. The molecular weight excluding hydrogens is 294 g/mol. The van der Waals surface area contributed by atoms with Gasteiger partial charge < -0.3 is 10.4 Å². The van der Waals surface area contributed by atoms with Crippen molar-refractivity contribution in [2.75, 3.05) is 5.32 Å². The van der Waals surface area contributed by atoms with Gasteiger partial charge in [-0.2, -0.15) is 0 Å². The Hall–Kier alpha value is -1.81. The smallest absolute Gasteiger partial charge is 0.335 e. The predicted molar refractivity (Wildman–Crippen MR) is 75.6 cm³/mol. The van der Waals surface area contributed by atoms with Crippen molar-refractivity contribution in [1.82, 2.24) is 0 Å². The molecule has 0 radical (unpaired) electrons. The summed E-state index contributed by atoms with van der Waals surface area (Å²) in [6, 6.07) is 12.6. The number of carboxylic acids is 1. The predicted octanol–water partition coefficient (Wildman–Crippen LogP) is 4.20. The van der Waals surface area contributed by atoms with Crippen LogP contribution in [0.1, 0.15) is 15.9 Å². The monoisotopic (exact) mass is 305 g/mol. The number of hydrogen-bond acceptors (Lipinski definition) is 2. The van der Waals surface area contributed by atoms with Gasteiger partial charge >= 0.3 is 5.97 Å². The quantitative estimate of drug-likeness (QED) is 0.893. The van der Waals surface area contributed by atoms with Crippen molar-refractivity contribution in [3.63, 3.8) is 0 Å². The lowest BCUT2D eigenvalue weighted by Gasteiger charge is -2.10. The Bertz CT molecular complexity index is 579. The first-order valence-corrected chi connectivity index (χ1v) is 6.23. The van der Waals surface area contributed by atoms with Crippen LogP contribution in [0.3, 0.4) is 0 Å². The van der Waals surface area contributed by atoms with Gasteiger partial charge in [-0.3, -0.25) is 0 Å². The molecule has 0 bridgehead atoms. The second-order valence-corrected chi connectivity index (χ2v) is 4.74. The Morgan fingerprint density at radius 1 is 1.17 bits per heavy atom. The Morgan fingerprint density at radius 3 is 2.44 bits per heavy atom. The Labute approximate surface area is 114 Å². The van der Waals surface area contributed by atoms with Crippen molar-refractivity contribution >= 4 is 33.3 Å². The summed E-state index contributed by atoms with van der Waals surface area (Å²) < 4.78 is 1.01. The van der Waals surface area contributed by atoms with Crippen LogP contribution in [0, 0.1) is 6.92 Å². The van der Waals surface area contributed by atoms with E-state index in [2.05, 4.69) is 21.2 Å². The highest BCUT2D eigenvalue weighted by molar-refractivity contribution is 9.10. The van der Waals surface area contributed by atoms with Gasteiger partial charge in [-0.25, -0.2) is 4.79 Å². The molecule has 2 aromatic rings. The maximum atomic E-state index is 10.7. The van der Waals surface area contributed by atoms with E-state index < -0.39 is 5.97 Å². The number of carboxylic acid groups (broad SMARTS) is 1. The van der Waals surface area contributed by atoms with E-state index >= 15 is 0 Å². The molecule has 0 amide bonds. The number of aryl methyl sites for hydroxylation is 1. The van der Waals surface area contributed by atoms with Crippen molar-refractivity contribution in [3.05, 3.63) is 58.1 Å². The molecule has 0 aliphatic carbocycles. The standard InChI is InChI=1S/C14H12BrNO2/c1-9-3-2-4-12(13(9)15)16-11-7-5-10(6-8-11)14(17)18/h2-8,16H,1H3,(H,17,18). The van der Waals surface area contributed by atoms with E-state index in [0.29, 0.717) is 0 Å². The van der Waals surface area contributed by atoms with Crippen LogP contribution in [-0.2, 0) is 0 Å². The molecule has 0 spiro atoms. The highest BCUT2D eigenvalue weighted by Crippen LogP contribution is 2.28. The number of anilines is 2. The average molecular weight is 306 g/mol. The van der Waals surface area contributed by atoms with Gasteiger partial charge in [0.2, 0.25) is 0 Å². The zero-order chi connectivity index (χ0) is 13.1. The lowest BCUT2D eigenvalue weighted by molar-refractivity contribution is 0.0697. The lowest BCUT2D eigenvalue weighted by Crippen LogP contribution is -1.97. The topological polar surface area (TPSA) is 49.3 Å². The van der Waals surface area contributed by atoms with E-state index in [1.54, 1.807) is 24.3 Å². The van der Waals surface area contributed by atoms with Gasteiger partial charge in [0.25, 0.3) is 0 Å². The molecule has 2 N–H and O–H groups in total. The maximum absolute atomic E-state index is 10.7. The fourth-order valence-corrected chi connectivity index (χ4v) is 1.96. The number of rotatable bonds is 3. The summed E-state index contributed by atoms with van der Waals surface area (Å²) in [5.41, 5.74) is 3.23. The first-order valence-electron chi connectivity index (χ1n) is 5.43. The van der Waals surface area contributed by atoms with Gasteiger partial charge in [-0.05, 0) is 58.7 Å². The van der Waals surface area contributed by atoms with E-state index in [0.717, 1.165) is 21.4 Å². The van der Waals surface area contributed by atoms with Gasteiger partial charge in [0.05, 0.1) is 11.3 Å². The van der Waals surface area contributed by atoms with Crippen LogP contribution >= 0.6 is 15.9 Å². The van der Waals surface area contributed by atoms with Gasteiger partial charge in [0.15, 0.2) is 0 Å². The summed E-state index contributed by atoms with van der Waals surface area (Å²) in [4.78, 5) is 10.7. The number of halogens is 1. The molecule has 0 saturated heterocycles. The molecule has 18 heavy (non-hydrogen) atoms. The first kappa shape index (κ1) is 12.6. The minimum absolute atomic E-state index is 0.281. The molecule has 2 aromatic carbocycles. The molecule has 92 valence electrons. The van der Waals surface area contributed by atoms with Crippen molar-refractivity contribution < 1.29 is 9.90 Å². The number of carbonyl (C=O) groups is 1. The van der Waals surface area contributed by atoms with E-state index in [9.17, 15) is 4.79 Å². The third-order valence-corrected chi connectivity index (χ3v) is 3.66. The molecule has 2 rings (SSSR count). The van der Waals surface area contributed by atoms with Gasteiger partial charge in [-0.1, -0.05) is 12.1 Å². The fraction of sp³-hybridized carbons (Fsp3) is 0.0714. The minimum atomic E-state index is -0.918. The zero-order valence-electron chi connectivity index (χ0n) is 9.77. The molecule has 0 unspecified atom stereocenters. The first-order chi connectivity index (χ1) is 8.58. The van der Waals surface area contributed by atoms with E-state index in [-0.39, 0.29) is 5.56 Å². The van der Waals surface area contributed by atoms with Crippen LogP contribution < -0.4 is 5.32 Å². The number of aromatic carboxylic acids is 1. The van der Waals surface area contributed by atoms with Gasteiger partial charge in [0, 0.05) is 10.2 Å². The molecule has 0 saturated carbocycles. The highest BCUT2D eigenvalue weighted by atomic mass is 79.9. The second-order valence-electron chi connectivity index (χ2n) is 3.94. The average Bonchev–Trinajstić information content (AvgIpc) is 2.36. The molecule has 3 nitrogen and oxygen atoms in total. The zero-order valence-corrected chi connectivity index (χ0v) is 11.4. The second kappa shape index (κ2) is 5.23. The van der Waals surface area contributed by atoms with Crippen molar-refractivity contribution in [2.45, 2.75) is 6.92 Å². The number of nitrogens with one attached hydrogen (secondary N) is 1. The largest absolute Gasteiger partial charge is 0.478 e. The minimum Gasteiger partial charge on any atom is -0.478 e. The van der Waals surface area contributed by atoms with Gasteiger partial charge in [-0.15, -0.1) is 0 Å². The summed E-state index contributed by atoms with van der Waals surface area (Å²) in [7, 11) is 0. The van der Waals surface area contributed by atoms with Crippen molar-refractivity contribution in [3.8, 4) is 0 Å². The number of benzene rings is 2. The van der Waals surface area contributed by atoms with Crippen LogP contribution in [0.5, 0.6) is 0 Å². The Kier molecular flexibility index (Phi) is 3.67. The molecule has 0 heterocycles. The summed E-state index contributed by atoms with van der Waals surface area (Å²) in [5.74, 6) is -0.918. The molecule has 0 aliphatic heterocycles. The van der Waals surface area contributed by atoms with Crippen LogP contribution in [-0.4, -0.2) is 11.1 Å². The fourth-order valence-electron chi connectivity index (χ4n) is 1.60. The summed E-state index contributed by atoms with van der Waals surface area (Å²) in [5, 5.41) is 12.1. The van der Waals surface area contributed by atoms with Crippen LogP contribution in [0.2, 0.25) is 0 Å². The van der Waals surface area contributed by atoms with Crippen molar-refractivity contribution in [1.29, 1.82) is 0 Å². The van der Waals surface area contributed by atoms with Crippen LogP contribution in [0.4, 0.5) is 11.4 Å². The third-order valence-electron chi connectivity index (χ3n) is 2.60. The van der Waals surface area contributed by atoms with E-state index in [1.165, 1.54) is 0 Å². The third kappa shape index (κ3) is 2.71. The summed E-state index contributed by atoms with van der Waals surface area (Å²) in [6.07, 6.45) is 0. The van der Waals surface area contributed by atoms with E-state index in [1.807, 2.05) is 25.1 Å². The van der Waals surface area contributed by atoms with E-state index in [4.69, 9.17) is 5.11 Å². The normalized spacial score (nSPS) is 10.1. The highest BCUT2D eigenvalue weighted by Gasteiger charge is 2.04. The molecule has 4 heteroatoms. The number of hydrogen-bond donors (Lipinski definition) is 2. The Morgan fingerprint density at radius 2 is 1.83 bits per heavy atom. The maximum Gasteiger partial charge on any atom is 0.335 e. The summed E-state index contributed by atoms with van der Waals surface area (Å²) >= 11 is 3.52. The molecular formula is C14H12BrNO2. The van der Waals surface area contributed by atoms with Crippen molar-refractivity contribution in [2.24, 2.45) is 0 Å². The molecule has 0 atom stereocenters. The lowest BCUT2D eigenvalue weighted by atomic mass is 10.2. The molecule has 0 fully saturated rings. The summed E-state index contributed by atoms with van der Waals surface area (Å²) in [6.45, 7) is 2.02. The van der Waals surface area contributed by atoms with Gasteiger partial charge in [0.1, 0.15) is 0 Å². The Balaban J connectivity index is 2.24. The van der Waals surface area contributed by atoms with Crippen LogP contribution in [0.15, 0.2) is 46.9 Å². The molecule has 0 aliphatic rings. The SMILES string of the molecule is Cc1cccc(Nc2ccc(C(=O)O)cc2)c1Br.